The summed E-state index contributed by atoms with van der Waals surface area (Å²) in [5.41, 5.74) is 5.36. The zero-order valence-corrected chi connectivity index (χ0v) is 12.2. The number of amidine groups is 1. The molecule has 0 aromatic heterocycles. The van der Waals surface area contributed by atoms with E-state index in [4.69, 9.17) is 16.0 Å². The van der Waals surface area contributed by atoms with Crippen molar-refractivity contribution in [3.8, 4) is 0 Å². The van der Waals surface area contributed by atoms with E-state index in [1.165, 1.54) is 0 Å². The highest BCUT2D eigenvalue weighted by Gasteiger charge is 2.25. The monoisotopic (exact) mass is 259 g/mol. The Morgan fingerprint density at radius 1 is 1.28 bits per heavy atom. The van der Waals surface area contributed by atoms with E-state index in [-0.39, 0.29) is 17.9 Å². The predicted molar refractivity (Wildman–Crippen MR) is 74.8 cm³/mol. The van der Waals surface area contributed by atoms with Gasteiger partial charge in [0.15, 0.2) is 0 Å². The average Bonchev–Trinajstić information content (AvgIpc) is 2.36. The van der Waals surface area contributed by atoms with Gasteiger partial charge in [-0.3, -0.25) is 4.90 Å². The molecule has 0 amide bonds. The fourth-order valence-electron chi connectivity index (χ4n) is 2.10. The van der Waals surface area contributed by atoms with Crippen LogP contribution in [0.5, 0.6) is 0 Å². The predicted octanol–water partition coefficient (Wildman–Crippen LogP) is 1.63. The first-order valence-corrected chi connectivity index (χ1v) is 6.75. The molecule has 4 N–H and O–H groups in total. The summed E-state index contributed by atoms with van der Waals surface area (Å²) in [6, 6.07) is 0.486. The van der Waals surface area contributed by atoms with Gasteiger partial charge in [-0.05, 0) is 25.8 Å². The Bertz CT molecular complexity index is 251. The highest BCUT2D eigenvalue weighted by atomic mass is 16.4. The number of hydrogen-bond acceptors (Lipinski definition) is 4. The van der Waals surface area contributed by atoms with E-state index < -0.39 is 0 Å². The molecule has 0 saturated heterocycles. The molecule has 0 aromatic rings. The molecule has 0 fully saturated rings. The maximum atomic E-state index is 9.13. The maximum absolute atomic E-state index is 9.13. The third-order valence-corrected chi connectivity index (χ3v) is 3.67. The summed E-state index contributed by atoms with van der Waals surface area (Å²) in [6.07, 6.45) is 2.94. The highest BCUT2D eigenvalue weighted by molar-refractivity contribution is 5.85. The number of rotatable bonds is 9. The lowest BCUT2D eigenvalue weighted by Crippen LogP contribution is -2.41. The van der Waals surface area contributed by atoms with Crippen LogP contribution in [0.1, 0.15) is 47.0 Å². The molecule has 0 atom stereocenters. The van der Waals surface area contributed by atoms with Crippen LogP contribution < -0.4 is 5.73 Å². The molecule has 0 spiro atoms. The zero-order valence-electron chi connectivity index (χ0n) is 12.2. The van der Waals surface area contributed by atoms with Crippen LogP contribution in [-0.2, 0) is 0 Å². The van der Waals surface area contributed by atoms with E-state index in [0.717, 1.165) is 25.8 Å². The van der Waals surface area contributed by atoms with Gasteiger partial charge in [0, 0.05) is 18.0 Å². The Hall–Kier alpha value is -0.810. The second kappa shape index (κ2) is 8.32. The first-order valence-electron chi connectivity index (χ1n) is 6.75. The van der Waals surface area contributed by atoms with Gasteiger partial charge >= 0.3 is 0 Å². The molecule has 5 heteroatoms. The second-order valence-electron chi connectivity index (χ2n) is 5.35. The van der Waals surface area contributed by atoms with E-state index in [1.54, 1.807) is 0 Å². The lowest BCUT2D eigenvalue weighted by atomic mass is 9.87. The largest absolute Gasteiger partial charge is 0.409 e. The van der Waals surface area contributed by atoms with Gasteiger partial charge in [-0.25, -0.2) is 0 Å². The van der Waals surface area contributed by atoms with Gasteiger partial charge < -0.3 is 16.0 Å². The molecule has 0 bridgehead atoms. The fraction of sp³-hybridized carbons (Fsp3) is 0.923. The lowest BCUT2D eigenvalue weighted by molar-refractivity contribution is 0.133. The Balaban J connectivity index is 4.52. The van der Waals surface area contributed by atoms with Crippen LogP contribution in [0, 0.1) is 5.41 Å². The standard InChI is InChI=1S/C13H29N3O2/c1-5-11(6-2)16(9-10-17)8-7-13(3,4)12(14)15-18/h11,17-18H,5-10H2,1-4H3,(H2,14,15). The van der Waals surface area contributed by atoms with Crippen molar-refractivity contribution in [1.29, 1.82) is 0 Å². The normalized spacial score (nSPS) is 13.6. The highest BCUT2D eigenvalue weighted by Crippen LogP contribution is 2.22. The number of oxime groups is 1. The van der Waals surface area contributed by atoms with Crippen molar-refractivity contribution in [2.24, 2.45) is 16.3 Å². The van der Waals surface area contributed by atoms with Crippen LogP contribution >= 0.6 is 0 Å². The summed E-state index contributed by atoms with van der Waals surface area (Å²) < 4.78 is 0. The number of aliphatic hydroxyl groups excluding tert-OH is 1. The fourth-order valence-corrected chi connectivity index (χ4v) is 2.10. The van der Waals surface area contributed by atoms with Crippen LogP contribution in [0.4, 0.5) is 0 Å². The summed E-state index contributed by atoms with van der Waals surface area (Å²) in [7, 11) is 0. The number of aliphatic hydroxyl groups is 1. The summed E-state index contributed by atoms with van der Waals surface area (Å²) in [6.45, 7) is 9.94. The van der Waals surface area contributed by atoms with Crippen LogP contribution in [0.3, 0.4) is 0 Å². The minimum atomic E-state index is -0.325. The molecule has 0 saturated carbocycles. The summed E-state index contributed by atoms with van der Waals surface area (Å²) in [5.74, 6) is 0.260. The molecule has 0 aliphatic rings. The third kappa shape index (κ3) is 5.23. The topological polar surface area (TPSA) is 82.1 Å². The summed E-state index contributed by atoms with van der Waals surface area (Å²) in [4.78, 5) is 2.28. The van der Waals surface area contributed by atoms with Crippen molar-refractivity contribution in [1.82, 2.24) is 4.90 Å². The smallest absolute Gasteiger partial charge is 0.144 e. The van der Waals surface area contributed by atoms with Gasteiger partial charge in [-0.15, -0.1) is 0 Å². The average molecular weight is 259 g/mol. The van der Waals surface area contributed by atoms with Crippen molar-refractivity contribution >= 4 is 5.84 Å². The molecule has 0 unspecified atom stereocenters. The van der Waals surface area contributed by atoms with Crippen molar-refractivity contribution < 1.29 is 10.3 Å². The molecule has 18 heavy (non-hydrogen) atoms. The van der Waals surface area contributed by atoms with E-state index in [0.29, 0.717) is 12.6 Å². The second-order valence-corrected chi connectivity index (χ2v) is 5.35. The molecular weight excluding hydrogens is 230 g/mol. The van der Waals surface area contributed by atoms with E-state index in [9.17, 15) is 0 Å². The van der Waals surface area contributed by atoms with E-state index >= 15 is 0 Å². The minimum absolute atomic E-state index is 0.167. The third-order valence-electron chi connectivity index (χ3n) is 3.67. The molecule has 0 aliphatic heterocycles. The van der Waals surface area contributed by atoms with Gasteiger partial charge in [-0.1, -0.05) is 32.9 Å². The Kier molecular flexibility index (Phi) is 7.95. The van der Waals surface area contributed by atoms with E-state index in [1.807, 2.05) is 13.8 Å². The van der Waals surface area contributed by atoms with Gasteiger partial charge in [0.05, 0.1) is 6.61 Å². The number of nitrogens with zero attached hydrogens (tertiary/aromatic N) is 2. The maximum Gasteiger partial charge on any atom is 0.144 e. The van der Waals surface area contributed by atoms with Gasteiger partial charge in [-0.2, -0.15) is 0 Å². The van der Waals surface area contributed by atoms with E-state index in [2.05, 4.69) is 23.9 Å². The van der Waals surface area contributed by atoms with Gasteiger partial charge in [0.1, 0.15) is 5.84 Å². The molecule has 0 heterocycles. The van der Waals surface area contributed by atoms with Crippen molar-refractivity contribution in [2.45, 2.75) is 53.0 Å². The SMILES string of the molecule is CCC(CC)N(CCO)CCC(C)(C)C(N)=NO. The Morgan fingerprint density at radius 2 is 1.83 bits per heavy atom. The molecule has 108 valence electrons. The Labute approximate surface area is 111 Å². The first kappa shape index (κ1) is 17.2. The Morgan fingerprint density at radius 3 is 2.22 bits per heavy atom. The van der Waals surface area contributed by atoms with Crippen molar-refractivity contribution in [3.05, 3.63) is 0 Å². The molecule has 0 aliphatic carbocycles. The molecule has 5 nitrogen and oxygen atoms in total. The lowest BCUT2D eigenvalue weighted by Gasteiger charge is -2.33. The molecule has 0 rings (SSSR count). The first-order chi connectivity index (χ1) is 8.42. The summed E-state index contributed by atoms with van der Waals surface area (Å²) >= 11 is 0. The van der Waals surface area contributed by atoms with Crippen molar-refractivity contribution in [2.75, 3.05) is 19.7 Å². The molecular formula is C13H29N3O2. The van der Waals surface area contributed by atoms with Gasteiger partial charge in [0.2, 0.25) is 0 Å². The van der Waals surface area contributed by atoms with Crippen LogP contribution in [0.2, 0.25) is 0 Å². The van der Waals surface area contributed by atoms with Crippen LogP contribution in [-0.4, -0.2) is 46.8 Å². The van der Waals surface area contributed by atoms with Crippen LogP contribution in [0.15, 0.2) is 5.16 Å². The zero-order chi connectivity index (χ0) is 14.2. The molecule has 0 aromatic carbocycles. The van der Waals surface area contributed by atoms with Gasteiger partial charge in [0.25, 0.3) is 0 Å². The van der Waals surface area contributed by atoms with Crippen molar-refractivity contribution in [3.63, 3.8) is 0 Å². The number of nitrogens with two attached hydrogens (primary N) is 1. The molecule has 0 radical (unpaired) electrons. The quantitative estimate of drug-likeness (QED) is 0.254. The van der Waals surface area contributed by atoms with Crippen LogP contribution in [0.25, 0.3) is 0 Å². The minimum Gasteiger partial charge on any atom is -0.409 e. The number of hydrogen-bond donors (Lipinski definition) is 3. The summed E-state index contributed by atoms with van der Waals surface area (Å²) in [5, 5.41) is 21.0.